The number of amides is 1. The third-order valence-corrected chi connectivity index (χ3v) is 3.03. The summed E-state index contributed by atoms with van der Waals surface area (Å²) in [6.45, 7) is 4.16. The van der Waals surface area contributed by atoms with Crippen LogP contribution in [0.15, 0.2) is 6.20 Å². The van der Waals surface area contributed by atoms with Gasteiger partial charge in [0.15, 0.2) is 0 Å². The van der Waals surface area contributed by atoms with E-state index < -0.39 is 6.04 Å². The molecule has 3 N–H and O–H groups in total. The van der Waals surface area contributed by atoms with Crippen molar-refractivity contribution in [2.45, 2.75) is 52.0 Å². The second kappa shape index (κ2) is 7.16. The van der Waals surface area contributed by atoms with Crippen molar-refractivity contribution in [2.24, 2.45) is 12.8 Å². The normalized spacial score (nSPS) is 12.4. The van der Waals surface area contributed by atoms with Gasteiger partial charge >= 0.3 is 0 Å². The summed E-state index contributed by atoms with van der Waals surface area (Å²) in [4.78, 5) is 16.1. The monoisotopic (exact) mass is 252 g/mol. The van der Waals surface area contributed by atoms with Gasteiger partial charge in [-0.15, -0.1) is 0 Å². The number of nitrogens with two attached hydrogens (primary N) is 1. The van der Waals surface area contributed by atoms with Crippen LogP contribution in [0.3, 0.4) is 0 Å². The number of unbranched alkanes of at least 4 members (excludes halogenated alkanes) is 1. The summed E-state index contributed by atoms with van der Waals surface area (Å²) in [6, 6.07) is -0.441. The summed E-state index contributed by atoms with van der Waals surface area (Å²) >= 11 is 0. The molecule has 18 heavy (non-hydrogen) atoms. The maximum atomic E-state index is 11.8. The molecule has 0 aromatic carbocycles. The first-order chi connectivity index (χ1) is 8.60. The maximum Gasteiger partial charge on any atom is 0.242 e. The number of aryl methyl sites for hydroxylation is 1. The standard InChI is InChI=1S/C13H24N4O/c1-4-6-8-11-15-9-12(17(11)3)16-13(18)10(14)7-5-2/h9-10H,4-8,14H2,1-3H3,(H,16,18)/t10-/m0/s1. The molecule has 5 heteroatoms. The Labute approximate surface area is 109 Å². The molecule has 0 saturated heterocycles. The van der Waals surface area contributed by atoms with E-state index in [4.69, 9.17) is 5.73 Å². The minimum Gasteiger partial charge on any atom is -0.320 e. The third-order valence-electron chi connectivity index (χ3n) is 3.03. The van der Waals surface area contributed by atoms with Gasteiger partial charge in [-0.05, 0) is 12.8 Å². The summed E-state index contributed by atoms with van der Waals surface area (Å²) in [5.41, 5.74) is 5.77. The minimum absolute atomic E-state index is 0.137. The van der Waals surface area contributed by atoms with Gasteiger partial charge in [-0.2, -0.15) is 0 Å². The molecule has 0 aliphatic heterocycles. The molecule has 1 aromatic rings. The maximum absolute atomic E-state index is 11.8. The van der Waals surface area contributed by atoms with E-state index in [1.807, 2.05) is 18.5 Å². The van der Waals surface area contributed by atoms with Crippen LogP contribution in [0, 0.1) is 0 Å². The van der Waals surface area contributed by atoms with Crippen LogP contribution in [0.2, 0.25) is 0 Å². The van der Waals surface area contributed by atoms with E-state index in [1.165, 1.54) is 0 Å². The van der Waals surface area contributed by atoms with Crippen molar-refractivity contribution in [2.75, 3.05) is 5.32 Å². The molecule has 5 nitrogen and oxygen atoms in total. The van der Waals surface area contributed by atoms with Gasteiger partial charge in [0.05, 0.1) is 12.2 Å². The first kappa shape index (κ1) is 14.7. The number of hydrogen-bond acceptors (Lipinski definition) is 3. The van der Waals surface area contributed by atoms with Crippen LogP contribution < -0.4 is 11.1 Å². The number of carbonyl (C=O) groups excluding carboxylic acids is 1. The van der Waals surface area contributed by atoms with Gasteiger partial charge in [0.1, 0.15) is 11.6 Å². The Balaban J connectivity index is 2.62. The molecule has 1 rings (SSSR count). The zero-order chi connectivity index (χ0) is 13.5. The number of anilines is 1. The molecule has 1 aromatic heterocycles. The zero-order valence-corrected chi connectivity index (χ0v) is 11.6. The van der Waals surface area contributed by atoms with Crippen molar-refractivity contribution in [3.05, 3.63) is 12.0 Å². The van der Waals surface area contributed by atoms with Gasteiger partial charge in [0.2, 0.25) is 5.91 Å². The van der Waals surface area contributed by atoms with Crippen molar-refractivity contribution in [1.29, 1.82) is 0 Å². The molecule has 1 atom stereocenters. The molecule has 1 heterocycles. The zero-order valence-electron chi connectivity index (χ0n) is 11.6. The molecule has 0 fully saturated rings. The Morgan fingerprint density at radius 2 is 2.22 bits per heavy atom. The third kappa shape index (κ3) is 3.84. The molecule has 0 aliphatic carbocycles. The molecular weight excluding hydrogens is 228 g/mol. The van der Waals surface area contributed by atoms with Gasteiger partial charge in [-0.1, -0.05) is 26.7 Å². The lowest BCUT2D eigenvalue weighted by molar-refractivity contribution is -0.117. The van der Waals surface area contributed by atoms with E-state index in [9.17, 15) is 4.79 Å². The number of carbonyl (C=O) groups is 1. The second-order valence-corrected chi connectivity index (χ2v) is 4.61. The molecule has 0 saturated carbocycles. The van der Waals surface area contributed by atoms with Gasteiger partial charge < -0.3 is 15.6 Å². The van der Waals surface area contributed by atoms with E-state index >= 15 is 0 Å². The first-order valence-electron chi connectivity index (χ1n) is 6.67. The topological polar surface area (TPSA) is 72.9 Å². The molecule has 0 aliphatic rings. The fourth-order valence-corrected chi connectivity index (χ4v) is 1.79. The SMILES string of the molecule is CCCCc1ncc(NC(=O)[C@@H](N)CCC)n1C. The molecule has 102 valence electrons. The van der Waals surface area contributed by atoms with Crippen LogP contribution in [-0.4, -0.2) is 21.5 Å². The van der Waals surface area contributed by atoms with E-state index in [0.29, 0.717) is 6.42 Å². The van der Waals surface area contributed by atoms with Gasteiger partial charge in [0.25, 0.3) is 0 Å². The highest BCUT2D eigenvalue weighted by atomic mass is 16.2. The van der Waals surface area contributed by atoms with Gasteiger partial charge in [-0.3, -0.25) is 4.79 Å². The minimum atomic E-state index is -0.441. The Morgan fingerprint density at radius 1 is 1.50 bits per heavy atom. The summed E-state index contributed by atoms with van der Waals surface area (Å²) in [5, 5.41) is 2.83. The Morgan fingerprint density at radius 3 is 2.83 bits per heavy atom. The smallest absolute Gasteiger partial charge is 0.242 e. The quantitative estimate of drug-likeness (QED) is 0.777. The lowest BCUT2D eigenvalue weighted by atomic mass is 10.2. The van der Waals surface area contributed by atoms with Crippen LogP contribution >= 0.6 is 0 Å². The Bertz CT molecular complexity index is 386. The fourth-order valence-electron chi connectivity index (χ4n) is 1.79. The highest BCUT2D eigenvalue weighted by Crippen LogP contribution is 2.12. The highest BCUT2D eigenvalue weighted by molar-refractivity contribution is 5.93. The molecule has 0 spiro atoms. The van der Waals surface area contributed by atoms with Crippen molar-refractivity contribution >= 4 is 11.7 Å². The van der Waals surface area contributed by atoms with Crippen molar-refractivity contribution in [3.8, 4) is 0 Å². The molecule has 1 amide bonds. The van der Waals surface area contributed by atoms with E-state index in [2.05, 4.69) is 17.2 Å². The van der Waals surface area contributed by atoms with E-state index in [0.717, 1.165) is 37.3 Å². The number of aromatic nitrogens is 2. The van der Waals surface area contributed by atoms with Crippen molar-refractivity contribution in [3.63, 3.8) is 0 Å². The highest BCUT2D eigenvalue weighted by Gasteiger charge is 2.15. The van der Waals surface area contributed by atoms with E-state index in [-0.39, 0.29) is 5.91 Å². The molecular formula is C13H24N4O. The molecule has 0 unspecified atom stereocenters. The number of imidazole rings is 1. The van der Waals surface area contributed by atoms with Crippen molar-refractivity contribution in [1.82, 2.24) is 9.55 Å². The van der Waals surface area contributed by atoms with E-state index in [1.54, 1.807) is 6.20 Å². The van der Waals surface area contributed by atoms with Crippen LogP contribution in [0.25, 0.3) is 0 Å². The predicted octanol–water partition coefficient (Wildman–Crippen LogP) is 1.83. The average molecular weight is 252 g/mol. The number of hydrogen-bond donors (Lipinski definition) is 2. The molecule has 0 radical (unpaired) electrons. The largest absolute Gasteiger partial charge is 0.320 e. The lowest BCUT2D eigenvalue weighted by Crippen LogP contribution is -2.35. The van der Waals surface area contributed by atoms with Crippen LogP contribution in [0.1, 0.15) is 45.4 Å². The summed E-state index contributed by atoms with van der Waals surface area (Å²) < 4.78 is 1.92. The van der Waals surface area contributed by atoms with Crippen LogP contribution in [-0.2, 0) is 18.3 Å². The number of nitrogens with zero attached hydrogens (tertiary/aromatic N) is 2. The number of rotatable bonds is 7. The predicted molar refractivity (Wildman–Crippen MR) is 73.3 cm³/mol. The van der Waals surface area contributed by atoms with Gasteiger partial charge in [0, 0.05) is 13.5 Å². The Hall–Kier alpha value is -1.36. The first-order valence-corrected chi connectivity index (χ1v) is 6.67. The van der Waals surface area contributed by atoms with Gasteiger partial charge in [-0.25, -0.2) is 4.98 Å². The Kier molecular flexibility index (Phi) is 5.85. The molecule has 0 bridgehead atoms. The summed E-state index contributed by atoms with van der Waals surface area (Å²) in [5.74, 6) is 1.58. The second-order valence-electron chi connectivity index (χ2n) is 4.61. The number of nitrogens with one attached hydrogen (secondary N) is 1. The van der Waals surface area contributed by atoms with Crippen LogP contribution in [0.4, 0.5) is 5.82 Å². The summed E-state index contributed by atoms with van der Waals surface area (Å²) in [7, 11) is 1.92. The lowest BCUT2D eigenvalue weighted by Gasteiger charge is -2.11. The fraction of sp³-hybridized carbons (Fsp3) is 0.692. The summed E-state index contributed by atoms with van der Waals surface area (Å²) in [6.07, 6.45) is 6.48. The average Bonchev–Trinajstić information content (AvgIpc) is 2.68. The van der Waals surface area contributed by atoms with Crippen LogP contribution in [0.5, 0.6) is 0 Å². The van der Waals surface area contributed by atoms with Crippen molar-refractivity contribution < 1.29 is 4.79 Å².